The SMILES string of the molecule is CCc1nc(-c2cccc(NC(=O)NCc3nc(CSC)no3)c2)n[nH]1. The van der Waals surface area contributed by atoms with Crippen molar-refractivity contribution in [1.82, 2.24) is 30.6 Å². The zero-order valence-corrected chi connectivity index (χ0v) is 15.3. The molecule has 0 unspecified atom stereocenters. The molecule has 0 radical (unpaired) electrons. The summed E-state index contributed by atoms with van der Waals surface area (Å²) in [5.41, 5.74) is 1.45. The quantitative estimate of drug-likeness (QED) is 0.582. The third-order valence-electron chi connectivity index (χ3n) is 3.43. The molecule has 0 fully saturated rings. The molecule has 2 heterocycles. The van der Waals surface area contributed by atoms with Gasteiger partial charge in [0.15, 0.2) is 11.6 Å². The van der Waals surface area contributed by atoms with Crippen LogP contribution in [0.2, 0.25) is 0 Å². The smallest absolute Gasteiger partial charge is 0.319 e. The maximum Gasteiger partial charge on any atom is 0.319 e. The van der Waals surface area contributed by atoms with Crippen molar-refractivity contribution in [2.24, 2.45) is 0 Å². The molecular formula is C16H19N7O2S. The summed E-state index contributed by atoms with van der Waals surface area (Å²) in [6.07, 6.45) is 2.74. The van der Waals surface area contributed by atoms with Gasteiger partial charge in [-0.15, -0.1) is 0 Å². The second-order valence-corrected chi connectivity index (χ2v) is 6.25. The van der Waals surface area contributed by atoms with Crippen molar-refractivity contribution in [3.63, 3.8) is 0 Å². The molecule has 10 heteroatoms. The second-order valence-electron chi connectivity index (χ2n) is 5.39. The first-order valence-corrected chi connectivity index (χ1v) is 9.44. The number of carbonyl (C=O) groups is 1. The molecule has 0 bridgehead atoms. The number of hydrogen-bond donors (Lipinski definition) is 3. The highest BCUT2D eigenvalue weighted by Gasteiger charge is 2.09. The van der Waals surface area contributed by atoms with Crippen molar-refractivity contribution in [3.05, 3.63) is 41.8 Å². The van der Waals surface area contributed by atoms with Crippen molar-refractivity contribution in [2.75, 3.05) is 11.6 Å². The predicted octanol–water partition coefficient (Wildman–Crippen LogP) is 2.60. The van der Waals surface area contributed by atoms with Gasteiger partial charge in [-0.2, -0.15) is 21.8 Å². The first-order valence-electron chi connectivity index (χ1n) is 8.05. The van der Waals surface area contributed by atoms with Crippen LogP contribution in [0.3, 0.4) is 0 Å². The topological polar surface area (TPSA) is 122 Å². The van der Waals surface area contributed by atoms with Crippen LogP contribution in [-0.4, -0.2) is 37.6 Å². The molecule has 0 aliphatic rings. The van der Waals surface area contributed by atoms with E-state index in [2.05, 4.69) is 36.0 Å². The van der Waals surface area contributed by atoms with Gasteiger partial charge in [0.05, 0.1) is 12.3 Å². The molecule has 26 heavy (non-hydrogen) atoms. The summed E-state index contributed by atoms with van der Waals surface area (Å²) >= 11 is 1.60. The molecule has 0 saturated carbocycles. The van der Waals surface area contributed by atoms with Crippen LogP contribution in [0, 0.1) is 0 Å². The fourth-order valence-electron chi connectivity index (χ4n) is 2.20. The van der Waals surface area contributed by atoms with Gasteiger partial charge in [0, 0.05) is 17.7 Å². The summed E-state index contributed by atoms with van der Waals surface area (Å²) in [6, 6.07) is 6.96. The lowest BCUT2D eigenvalue weighted by atomic mass is 10.2. The lowest BCUT2D eigenvalue weighted by Crippen LogP contribution is -2.28. The van der Waals surface area contributed by atoms with Crippen molar-refractivity contribution in [3.8, 4) is 11.4 Å². The number of nitrogens with zero attached hydrogens (tertiary/aromatic N) is 4. The number of thioether (sulfide) groups is 1. The van der Waals surface area contributed by atoms with Gasteiger partial charge in [0.25, 0.3) is 0 Å². The molecule has 9 nitrogen and oxygen atoms in total. The van der Waals surface area contributed by atoms with Crippen LogP contribution in [0.5, 0.6) is 0 Å². The van der Waals surface area contributed by atoms with E-state index in [1.54, 1.807) is 17.8 Å². The standard InChI is InChI=1S/C16H19N7O2S/c1-3-12-20-15(22-21-12)10-5-4-6-11(7-10)18-16(24)17-8-14-19-13(9-26-2)23-25-14/h4-7H,3,8-9H2,1-2H3,(H2,17,18,24)(H,20,21,22). The summed E-state index contributed by atoms with van der Waals surface area (Å²) in [4.78, 5) is 20.6. The van der Waals surface area contributed by atoms with E-state index in [1.165, 1.54) is 0 Å². The lowest BCUT2D eigenvalue weighted by Gasteiger charge is -2.06. The highest BCUT2D eigenvalue weighted by atomic mass is 32.2. The number of urea groups is 1. The molecular weight excluding hydrogens is 354 g/mol. The highest BCUT2D eigenvalue weighted by molar-refractivity contribution is 7.97. The number of aromatic amines is 1. The predicted molar refractivity (Wildman–Crippen MR) is 98.6 cm³/mol. The van der Waals surface area contributed by atoms with E-state index in [9.17, 15) is 4.79 Å². The van der Waals surface area contributed by atoms with Gasteiger partial charge in [-0.25, -0.2) is 9.78 Å². The summed E-state index contributed by atoms with van der Waals surface area (Å²) in [6.45, 7) is 2.16. The highest BCUT2D eigenvalue weighted by Crippen LogP contribution is 2.19. The van der Waals surface area contributed by atoms with Gasteiger partial charge >= 0.3 is 6.03 Å². The largest absolute Gasteiger partial charge is 0.337 e. The van der Waals surface area contributed by atoms with Gasteiger partial charge < -0.3 is 15.2 Å². The van der Waals surface area contributed by atoms with Gasteiger partial charge in [0.1, 0.15) is 5.82 Å². The zero-order valence-electron chi connectivity index (χ0n) is 14.4. The fourth-order valence-corrected chi connectivity index (χ4v) is 2.57. The number of rotatable bonds is 7. The van der Waals surface area contributed by atoms with Crippen LogP contribution in [0.1, 0.15) is 24.5 Å². The van der Waals surface area contributed by atoms with Gasteiger partial charge in [0.2, 0.25) is 5.89 Å². The van der Waals surface area contributed by atoms with Crippen LogP contribution >= 0.6 is 11.8 Å². The monoisotopic (exact) mass is 373 g/mol. The number of aryl methyl sites for hydroxylation is 1. The van der Waals surface area contributed by atoms with E-state index in [0.717, 1.165) is 17.8 Å². The van der Waals surface area contributed by atoms with E-state index in [1.807, 2.05) is 31.4 Å². The maximum atomic E-state index is 12.1. The Morgan fingerprint density at radius 2 is 2.23 bits per heavy atom. The minimum atomic E-state index is -0.365. The molecule has 0 saturated heterocycles. The molecule has 0 aliphatic carbocycles. The van der Waals surface area contributed by atoms with Gasteiger partial charge in [-0.1, -0.05) is 24.2 Å². The second kappa shape index (κ2) is 8.48. The Labute approximate surface area is 154 Å². The number of nitrogens with one attached hydrogen (secondary N) is 3. The maximum absolute atomic E-state index is 12.1. The Hall–Kier alpha value is -2.88. The first-order chi connectivity index (χ1) is 12.7. The number of hydrogen-bond acceptors (Lipinski definition) is 7. The molecule has 0 spiro atoms. The number of amides is 2. The molecule has 1 aromatic carbocycles. The Morgan fingerprint density at radius 1 is 1.35 bits per heavy atom. The molecule has 0 aliphatic heterocycles. The fraction of sp³-hybridized carbons (Fsp3) is 0.312. The zero-order chi connectivity index (χ0) is 18.4. The number of carbonyl (C=O) groups excluding carboxylic acids is 1. The normalized spacial score (nSPS) is 10.7. The van der Waals surface area contributed by atoms with Crippen LogP contribution in [0.4, 0.5) is 10.5 Å². The van der Waals surface area contributed by atoms with Crippen LogP contribution in [0.15, 0.2) is 28.8 Å². The van der Waals surface area contributed by atoms with Crippen LogP contribution in [-0.2, 0) is 18.7 Å². The summed E-state index contributed by atoms with van der Waals surface area (Å²) in [7, 11) is 0. The van der Waals surface area contributed by atoms with Crippen LogP contribution in [0.25, 0.3) is 11.4 Å². The van der Waals surface area contributed by atoms with Crippen LogP contribution < -0.4 is 10.6 Å². The number of anilines is 1. The molecule has 136 valence electrons. The first kappa shape index (κ1) is 17.9. The average Bonchev–Trinajstić information content (AvgIpc) is 3.30. The van der Waals surface area contributed by atoms with E-state index in [0.29, 0.717) is 29.0 Å². The van der Waals surface area contributed by atoms with Gasteiger partial charge in [-0.05, 0) is 18.4 Å². The van der Waals surface area contributed by atoms with E-state index >= 15 is 0 Å². The van der Waals surface area contributed by atoms with Crippen molar-refractivity contribution in [1.29, 1.82) is 0 Å². The molecule has 2 amide bonds. The molecule has 3 N–H and O–H groups in total. The minimum Gasteiger partial charge on any atom is -0.337 e. The Kier molecular flexibility index (Phi) is 5.84. The Bertz CT molecular complexity index is 877. The molecule has 2 aromatic heterocycles. The van der Waals surface area contributed by atoms with Crippen molar-refractivity contribution < 1.29 is 9.32 Å². The summed E-state index contributed by atoms with van der Waals surface area (Å²) < 4.78 is 5.07. The Balaban J connectivity index is 1.57. The third-order valence-corrected chi connectivity index (χ3v) is 3.98. The third kappa shape index (κ3) is 4.60. The van der Waals surface area contributed by atoms with E-state index in [4.69, 9.17) is 4.52 Å². The lowest BCUT2D eigenvalue weighted by molar-refractivity contribution is 0.249. The Morgan fingerprint density at radius 3 is 3.00 bits per heavy atom. The summed E-state index contributed by atoms with van der Waals surface area (Å²) in [5.74, 6) is 3.06. The summed E-state index contributed by atoms with van der Waals surface area (Å²) in [5, 5.41) is 16.3. The van der Waals surface area contributed by atoms with Crippen molar-refractivity contribution in [2.45, 2.75) is 25.6 Å². The molecule has 3 rings (SSSR count). The van der Waals surface area contributed by atoms with E-state index in [-0.39, 0.29) is 12.6 Å². The number of benzene rings is 1. The van der Waals surface area contributed by atoms with Gasteiger partial charge in [-0.3, -0.25) is 5.10 Å². The number of H-pyrrole nitrogens is 1. The van der Waals surface area contributed by atoms with E-state index < -0.39 is 0 Å². The molecule has 0 atom stereocenters. The number of aromatic nitrogens is 5. The molecule has 3 aromatic rings. The minimum absolute atomic E-state index is 0.160. The average molecular weight is 373 g/mol. The van der Waals surface area contributed by atoms with Crippen molar-refractivity contribution >= 4 is 23.5 Å².